The summed E-state index contributed by atoms with van der Waals surface area (Å²) in [5.41, 5.74) is 6.92. The molecule has 0 spiro atoms. The van der Waals surface area contributed by atoms with Crippen molar-refractivity contribution in [1.82, 2.24) is 15.2 Å². The second kappa shape index (κ2) is 10.2. The number of fused-ring (bicyclic) bond motifs is 1. The minimum atomic E-state index is -1.12. The van der Waals surface area contributed by atoms with E-state index in [0.717, 1.165) is 16.8 Å². The van der Waals surface area contributed by atoms with Gasteiger partial charge in [0.05, 0.1) is 11.3 Å². The smallest absolute Gasteiger partial charge is 0.256 e. The van der Waals surface area contributed by atoms with Crippen molar-refractivity contribution in [3.05, 3.63) is 71.8 Å². The fourth-order valence-corrected chi connectivity index (χ4v) is 4.99. The van der Waals surface area contributed by atoms with Crippen molar-refractivity contribution in [3.63, 3.8) is 0 Å². The third kappa shape index (κ3) is 5.33. The van der Waals surface area contributed by atoms with Crippen LogP contribution in [-0.2, 0) is 27.2 Å². The third-order valence-electron chi connectivity index (χ3n) is 7.02. The van der Waals surface area contributed by atoms with Gasteiger partial charge in [0.25, 0.3) is 5.91 Å². The second-order valence-corrected chi connectivity index (χ2v) is 10.4. The summed E-state index contributed by atoms with van der Waals surface area (Å²) in [7, 11) is 1.67. The molecule has 0 bridgehead atoms. The van der Waals surface area contributed by atoms with Gasteiger partial charge in [-0.2, -0.15) is 5.10 Å². The molecule has 2 aliphatic heterocycles. The monoisotopic (exact) mass is 489 g/mol. The van der Waals surface area contributed by atoms with E-state index in [1.165, 1.54) is 5.01 Å². The molecule has 2 atom stereocenters. The van der Waals surface area contributed by atoms with Crippen LogP contribution in [-0.4, -0.2) is 65.1 Å². The summed E-state index contributed by atoms with van der Waals surface area (Å²) in [4.78, 5) is 41.8. The molecule has 0 aromatic heterocycles. The SMILES string of the molecule is CN1N=C2CCN(C(=O)[C@@H](CCc3ccccc3)NC(=O)C(C)(C)N)C[C@@]2(Cc2ccccc2)C1=O. The van der Waals surface area contributed by atoms with Gasteiger partial charge in [-0.3, -0.25) is 14.4 Å². The molecule has 8 nitrogen and oxygen atoms in total. The van der Waals surface area contributed by atoms with Crippen LogP contribution in [0.4, 0.5) is 0 Å². The fraction of sp³-hybridized carbons (Fsp3) is 0.429. The minimum Gasteiger partial charge on any atom is -0.343 e. The molecule has 2 aliphatic rings. The molecule has 0 aliphatic carbocycles. The number of hydrazone groups is 1. The molecule has 4 rings (SSSR count). The molecule has 3 amide bonds. The van der Waals surface area contributed by atoms with Crippen molar-refractivity contribution in [2.45, 2.75) is 51.1 Å². The van der Waals surface area contributed by atoms with Crippen LogP contribution in [0.15, 0.2) is 65.8 Å². The molecule has 0 unspecified atom stereocenters. The number of nitrogens with zero attached hydrogens (tertiary/aromatic N) is 3. The topological polar surface area (TPSA) is 108 Å². The lowest BCUT2D eigenvalue weighted by Crippen LogP contribution is -2.60. The number of hydrogen-bond acceptors (Lipinski definition) is 5. The summed E-state index contributed by atoms with van der Waals surface area (Å²) >= 11 is 0. The van der Waals surface area contributed by atoms with Gasteiger partial charge in [0, 0.05) is 26.6 Å². The lowest BCUT2D eigenvalue weighted by atomic mass is 9.73. The van der Waals surface area contributed by atoms with E-state index in [0.29, 0.717) is 32.2 Å². The van der Waals surface area contributed by atoms with Gasteiger partial charge in [-0.05, 0) is 44.2 Å². The van der Waals surface area contributed by atoms with Crippen molar-refractivity contribution in [1.29, 1.82) is 0 Å². The molecule has 2 heterocycles. The number of hydrogen-bond donors (Lipinski definition) is 2. The molecular formula is C28H35N5O3. The van der Waals surface area contributed by atoms with E-state index >= 15 is 0 Å². The Morgan fingerprint density at radius 2 is 1.69 bits per heavy atom. The Labute approximate surface area is 212 Å². The van der Waals surface area contributed by atoms with Crippen LogP contribution in [0.25, 0.3) is 0 Å². The zero-order valence-corrected chi connectivity index (χ0v) is 21.2. The van der Waals surface area contributed by atoms with Crippen LogP contribution in [0.2, 0.25) is 0 Å². The number of nitrogens with one attached hydrogen (secondary N) is 1. The molecule has 2 aromatic carbocycles. The maximum Gasteiger partial charge on any atom is 0.256 e. The third-order valence-corrected chi connectivity index (χ3v) is 7.02. The van der Waals surface area contributed by atoms with Gasteiger partial charge in [-0.15, -0.1) is 0 Å². The lowest BCUT2D eigenvalue weighted by Gasteiger charge is -2.41. The number of carbonyl (C=O) groups excluding carboxylic acids is 3. The highest BCUT2D eigenvalue weighted by Gasteiger charge is 2.53. The Hall–Kier alpha value is -3.52. The zero-order chi connectivity index (χ0) is 25.9. The molecule has 8 heteroatoms. The van der Waals surface area contributed by atoms with Crippen LogP contribution in [0, 0.1) is 5.41 Å². The van der Waals surface area contributed by atoms with E-state index in [9.17, 15) is 14.4 Å². The second-order valence-electron chi connectivity index (χ2n) is 10.4. The van der Waals surface area contributed by atoms with Crippen LogP contribution < -0.4 is 11.1 Å². The summed E-state index contributed by atoms with van der Waals surface area (Å²) in [5, 5.41) is 8.82. The predicted molar refractivity (Wildman–Crippen MR) is 139 cm³/mol. The molecule has 1 saturated heterocycles. The van der Waals surface area contributed by atoms with Gasteiger partial charge >= 0.3 is 0 Å². The quantitative estimate of drug-likeness (QED) is 0.592. The number of carbonyl (C=O) groups is 3. The lowest BCUT2D eigenvalue weighted by molar-refractivity contribution is -0.142. The average Bonchev–Trinajstić information content (AvgIpc) is 3.10. The van der Waals surface area contributed by atoms with Gasteiger partial charge in [0.1, 0.15) is 11.5 Å². The summed E-state index contributed by atoms with van der Waals surface area (Å²) in [6.45, 7) is 3.91. The first kappa shape index (κ1) is 25.6. The molecule has 36 heavy (non-hydrogen) atoms. The van der Waals surface area contributed by atoms with Crippen LogP contribution in [0.1, 0.15) is 37.8 Å². The maximum absolute atomic E-state index is 13.9. The van der Waals surface area contributed by atoms with Crippen molar-refractivity contribution in [2.24, 2.45) is 16.3 Å². The summed E-state index contributed by atoms with van der Waals surface area (Å²) in [6.07, 6.45) is 2.04. The van der Waals surface area contributed by atoms with E-state index in [1.54, 1.807) is 25.8 Å². The van der Waals surface area contributed by atoms with E-state index in [4.69, 9.17) is 5.73 Å². The van der Waals surface area contributed by atoms with E-state index in [1.807, 2.05) is 60.7 Å². The first-order chi connectivity index (χ1) is 17.1. The zero-order valence-electron chi connectivity index (χ0n) is 21.2. The number of aryl methyl sites for hydroxylation is 1. The normalized spacial score (nSPS) is 20.6. The first-order valence-corrected chi connectivity index (χ1v) is 12.4. The highest BCUT2D eigenvalue weighted by atomic mass is 16.2. The molecule has 0 saturated carbocycles. The first-order valence-electron chi connectivity index (χ1n) is 12.4. The van der Waals surface area contributed by atoms with Crippen molar-refractivity contribution < 1.29 is 14.4 Å². The molecule has 1 fully saturated rings. The standard InChI is InChI=1S/C28H35N5O3/c1-27(2,29)25(35)30-22(15-14-20-10-6-4-7-11-20)24(34)33-17-16-23-28(19-33,26(36)32(3)31-23)18-21-12-8-5-9-13-21/h4-13,22H,14-19,29H2,1-3H3,(H,30,35)/t22-,28-/m1/s1. The van der Waals surface area contributed by atoms with Gasteiger partial charge < -0.3 is 16.0 Å². The van der Waals surface area contributed by atoms with Gasteiger partial charge in [-0.25, -0.2) is 5.01 Å². The molecule has 3 N–H and O–H groups in total. The Bertz CT molecular complexity index is 1140. The number of likely N-dealkylation sites (tertiary alicyclic amines) is 1. The van der Waals surface area contributed by atoms with Crippen molar-refractivity contribution >= 4 is 23.4 Å². The maximum atomic E-state index is 13.9. The number of rotatable bonds is 8. The van der Waals surface area contributed by atoms with Crippen molar-refractivity contribution in [2.75, 3.05) is 20.1 Å². The highest BCUT2D eigenvalue weighted by Crippen LogP contribution is 2.38. The predicted octanol–water partition coefficient (Wildman–Crippen LogP) is 2.13. The van der Waals surface area contributed by atoms with E-state index < -0.39 is 17.0 Å². The summed E-state index contributed by atoms with van der Waals surface area (Å²) < 4.78 is 0. The molecule has 0 radical (unpaired) electrons. The van der Waals surface area contributed by atoms with Crippen LogP contribution in [0.5, 0.6) is 0 Å². The number of nitrogens with two attached hydrogens (primary N) is 1. The molecule has 190 valence electrons. The number of piperidine rings is 1. The van der Waals surface area contributed by atoms with Gasteiger partial charge in [0.2, 0.25) is 11.8 Å². The molecular weight excluding hydrogens is 454 g/mol. The van der Waals surface area contributed by atoms with Crippen molar-refractivity contribution in [3.8, 4) is 0 Å². The van der Waals surface area contributed by atoms with Crippen LogP contribution >= 0.6 is 0 Å². The Morgan fingerprint density at radius 3 is 2.31 bits per heavy atom. The van der Waals surface area contributed by atoms with Gasteiger partial charge in [-0.1, -0.05) is 60.7 Å². The van der Waals surface area contributed by atoms with E-state index in [2.05, 4.69) is 10.4 Å². The fourth-order valence-electron chi connectivity index (χ4n) is 4.99. The number of amides is 3. The Morgan fingerprint density at radius 1 is 1.08 bits per heavy atom. The highest BCUT2D eigenvalue weighted by molar-refractivity contribution is 6.13. The summed E-state index contributed by atoms with van der Waals surface area (Å²) in [5.74, 6) is -0.687. The van der Waals surface area contributed by atoms with Gasteiger partial charge in [0.15, 0.2) is 0 Å². The Kier molecular flexibility index (Phi) is 7.26. The molecule has 2 aromatic rings. The average molecular weight is 490 g/mol. The summed E-state index contributed by atoms with van der Waals surface area (Å²) in [6, 6.07) is 18.9. The minimum absolute atomic E-state index is 0.105. The van der Waals surface area contributed by atoms with E-state index in [-0.39, 0.29) is 24.3 Å². The Balaban J connectivity index is 1.58. The number of benzene rings is 2. The largest absolute Gasteiger partial charge is 0.343 e. The van der Waals surface area contributed by atoms with Crippen LogP contribution in [0.3, 0.4) is 0 Å².